The summed E-state index contributed by atoms with van der Waals surface area (Å²) in [6, 6.07) is 1.50. The van der Waals surface area contributed by atoms with Gasteiger partial charge in [-0.1, -0.05) is 13.8 Å². The van der Waals surface area contributed by atoms with Crippen molar-refractivity contribution in [3.8, 4) is 0 Å². The Labute approximate surface area is 113 Å². The van der Waals surface area contributed by atoms with Crippen LogP contribution in [0.4, 0.5) is 5.00 Å². The van der Waals surface area contributed by atoms with Gasteiger partial charge < -0.3 is 5.11 Å². The van der Waals surface area contributed by atoms with Gasteiger partial charge in [0.15, 0.2) is 0 Å². The van der Waals surface area contributed by atoms with Crippen molar-refractivity contribution in [2.24, 2.45) is 17.3 Å². The number of thiophene rings is 1. The maximum atomic E-state index is 12.3. The molecule has 1 saturated heterocycles. The second-order valence-corrected chi connectivity index (χ2v) is 6.90. The van der Waals surface area contributed by atoms with Crippen LogP contribution >= 0.6 is 11.3 Å². The third kappa shape index (κ3) is 1.43. The van der Waals surface area contributed by atoms with Crippen LogP contribution in [0.15, 0.2) is 6.07 Å². The van der Waals surface area contributed by atoms with Crippen molar-refractivity contribution in [1.82, 2.24) is 0 Å². The Morgan fingerprint density at radius 2 is 1.84 bits per heavy atom. The molecule has 19 heavy (non-hydrogen) atoms. The largest absolute Gasteiger partial charge is 0.478 e. The van der Waals surface area contributed by atoms with E-state index in [2.05, 4.69) is 0 Å². The molecule has 0 bridgehead atoms. The highest BCUT2D eigenvalue weighted by atomic mass is 32.1. The number of nitrogens with zero attached hydrogens (tertiary/aromatic N) is 1. The van der Waals surface area contributed by atoms with Crippen LogP contribution in [-0.2, 0) is 9.59 Å². The van der Waals surface area contributed by atoms with E-state index in [4.69, 9.17) is 5.11 Å². The van der Waals surface area contributed by atoms with E-state index in [0.717, 1.165) is 9.78 Å². The minimum atomic E-state index is -1.11. The molecule has 1 aliphatic heterocycles. The van der Waals surface area contributed by atoms with Crippen LogP contribution in [0.1, 0.15) is 29.1 Å². The molecule has 2 unspecified atom stereocenters. The molecule has 0 spiro atoms. The summed E-state index contributed by atoms with van der Waals surface area (Å²) in [5.41, 5.74) is -0.247. The number of carbonyl (C=O) groups is 3. The molecule has 5 nitrogen and oxygen atoms in total. The maximum absolute atomic E-state index is 12.3. The lowest BCUT2D eigenvalue weighted by atomic mass is 10.1. The second-order valence-electron chi connectivity index (χ2n) is 5.67. The lowest BCUT2D eigenvalue weighted by molar-refractivity contribution is -0.125. The molecule has 1 aromatic rings. The zero-order valence-corrected chi connectivity index (χ0v) is 11.6. The van der Waals surface area contributed by atoms with Crippen LogP contribution in [0.5, 0.6) is 0 Å². The van der Waals surface area contributed by atoms with Gasteiger partial charge in [-0.25, -0.2) is 9.69 Å². The van der Waals surface area contributed by atoms with Crippen molar-refractivity contribution < 1.29 is 19.5 Å². The number of carbonyl (C=O) groups excluding carboxylic acids is 2. The van der Waals surface area contributed by atoms with Crippen molar-refractivity contribution in [3.05, 3.63) is 16.5 Å². The number of carboxylic acid groups (broad SMARTS) is 1. The summed E-state index contributed by atoms with van der Waals surface area (Å²) < 4.78 is 0. The Morgan fingerprint density at radius 1 is 1.32 bits per heavy atom. The number of rotatable bonds is 2. The molecule has 100 valence electrons. The predicted molar refractivity (Wildman–Crippen MR) is 69.3 cm³/mol. The molecule has 6 heteroatoms. The SMILES string of the molecule is Cc1cc(C(=O)O)c(N2C(=O)C3C(C2=O)C3(C)C)s1. The van der Waals surface area contributed by atoms with Crippen LogP contribution in [0.2, 0.25) is 0 Å². The highest BCUT2D eigenvalue weighted by Gasteiger charge is 2.73. The van der Waals surface area contributed by atoms with Gasteiger partial charge in [0.1, 0.15) is 5.00 Å². The molecule has 2 amide bonds. The summed E-state index contributed by atoms with van der Waals surface area (Å²) >= 11 is 1.17. The van der Waals surface area contributed by atoms with Crippen LogP contribution in [0.3, 0.4) is 0 Å². The van der Waals surface area contributed by atoms with Gasteiger partial charge in [-0.3, -0.25) is 9.59 Å². The average molecular weight is 279 g/mol. The third-order valence-electron chi connectivity index (χ3n) is 4.07. The molecule has 2 heterocycles. The first kappa shape index (κ1) is 12.3. The molecular formula is C13H13NO4S. The van der Waals surface area contributed by atoms with E-state index in [1.807, 2.05) is 13.8 Å². The lowest BCUT2D eigenvalue weighted by Gasteiger charge is -2.19. The quantitative estimate of drug-likeness (QED) is 0.839. The highest BCUT2D eigenvalue weighted by molar-refractivity contribution is 7.17. The summed E-state index contributed by atoms with van der Waals surface area (Å²) in [5.74, 6) is -2.21. The standard InChI is InChI=1S/C13H13NO4S/c1-5-4-6(12(17)18)11(19-5)14-9(15)7-8(10(14)16)13(7,2)3/h4,7-8H,1-3H3,(H,17,18). The van der Waals surface area contributed by atoms with E-state index < -0.39 is 5.97 Å². The van der Waals surface area contributed by atoms with Crippen molar-refractivity contribution in [2.45, 2.75) is 20.8 Å². The normalized spacial score (nSPS) is 27.6. The zero-order valence-electron chi connectivity index (χ0n) is 10.8. The number of imide groups is 1. The minimum absolute atomic E-state index is 0.0308. The molecule has 1 aromatic heterocycles. The molecule has 2 atom stereocenters. The molecular weight excluding hydrogens is 266 g/mol. The summed E-state index contributed by atoms with van der Waals surface area (Å²) in [5, 5.41) is 9.40. The summed E-state index contributed by atoms with van der Waals surface area (Å²) in [7, 11) is 0. The fraction of sp³-hybridized carbons (Fsp3) is 0.462. The predicted octanol–water partition coefficient (Wildman–Crippen LogP) is 1.90. The first-order valence-corrected chi connectivity index (χ1v) is 6.80. The van der Waals surface area contributed by atoms with Crippen LogP contribution in [0, 0.1) is 24.2 Å². The van der Waals surface area contributed by atoms with Gasteiger partial charge in [-0.2, -0.15) is 0 Å². The maximum Gasteiger partial charge on any atom is 0.338 e. The summed E-state index contributed by atoms with van der Waals surface area (Å²) in [6.07, 6.45) is 0. The molecule has 2 aliphatic rings. The van der Waals surface area contributed by atoms with Crippen molar-refractivity contribution in [2.75, 3.05) is 4.90 Å². The Morgan fingerprint density at radius 3 is 2.32 bits per heavy atom. The molecule has 1 saturated carbocycles. The number of carboxylic acids is 1. The van der Waals surface area contributed by atoms with Gasteiger partial charge in [0, 0.05) is 4.88 Å². The van der Waals surface area contributed by atoms with Crippen LogP contribution in [-0.4, -0.2) is 22.9 Å². The van der Waals surface area contributed by atoms with E-state index in [1.165, 1.54) is 17.4 Å². The number of amides is 2. The lowest BCUT2D eigenvalue weighted by Crippen LogP contribution is -2.36. The number of hydrogen-bond donors (Lipinski definition) is 1. The van der Waals surface area contributed by atoms with E-state index in [0.29, 0.717) is 0 Å². The molecule has 3 rings (SSSR count). The Hall–Kier alpha value is -1.69. The van der Waals surface area contributed by atoms with Crippen molar-refractivity contribution >= 4 is 34.1 Å². The highest BCUT2D eigenvalue weighted by Crippen LogP contribution is 2.64. The van der Waals surface area contributed by atoms with Crippen LogP contribution < -0.4 is 4.90 Å². The molecule has 1 aliphatic carbocycles. The number of aryl methyl sites for hydroxylation is 1. The molecule has 0 radical (unpaired) electrons. The monoisotopic (exact) mass is 279 g/mol. The van der Waals surface area contributed by atoms with Gasteiger partial charge in [0.05, 0.1) is 17.4 Å². The van der Waals surface area contributed by atoms with E-state index in [-0.39, 0.29) is 39.6 Å². The Kier molecular flexibility index (Phi) is 2.24. The first-order valence-electron chi connectivity index (χ1n) is 5.98. The topological polar surface area (TPSA) is 74.7 Å². The third-order valence-corrected chi connectivity index (χ3v) is 5.11. The fourth-order valence-corrected chi connectivity index (χ4v) is 3.98. The average Bonchev–Trinajstić information content (AvgIpc) is 2.56. The second kappa shape index (κ2) is 3.45. The van der Waals surface area contributed by atoms with Crippen molar-refractivity contribution in [3.63, 3.8) is 0 Å². The number of piperidine rings is 1. The van der Waals surface area contributed by atoms with Gasteiger partial charge in [-0.15, -0.1) is 11.3 Å². The fourth-order valence-electron chi connectivity index (χ4n) is 2.97. The number of fused-ring (bicyclic) bond motifs is 1. The summed E-state index contributed by atoms with van der Waals surface area (Å²) in [4.78, 5) is 37.6. The molecule has 2 fully saturated rings. The van der Waals surface area contributed by atoms with Crippen molar-refractivity contribution in [1.29, 1.82) is 0 Å². The Bertz CT molecular complexity index is 607. The van der Waals surface area contributed by atoms with E-state index >= 15 is 0 Å². The van der Waals surface area contributed by atoms with E-state index in [9.17, 15) is 14.4 Å². The zero-order chi connectivity index (χ0) is 14.1. The number of hydrogen-bond acceptors (Lipinski definition) is 4. The van der Waals surface area contributed by atoms with Gasteiger partial charge in [0.25, 0.3) is 0 Å². The number of anilines is 1. The van der Waals surface area contributed by atoms with E-state index in [1.54, 1.807) is 6.92 Å². The number of aromatic carboxylic acids is 1. The van der Waals surface area contributed by atoms with Gasteiger partial charge >= 0.3 is 5.97 Å². The minimum Gasteiger partial charge on any atom is -0.478 e. The Balaban J connectivity index is 2.04. The van der Waals surface area contributed by atoms with Gasteiger partial charge in [0.2, 0.25) is 11.8 Å². The summed E-state index contributed by atoms with van der Waals surface area (Å²) in [6.45, 7) is 5.55. The van der Waals surface area contributed by atoms with Crippen LogP contribution in [0.25, 0.3) is 0 Å². The molecule has 0 aromatic carbocycles. The van der Waals surface area contributed by atoms with Gasteiger partial charge in [-0.05, 0) is 18.4 Å². The molecule has 1 N–H and O–H groups in total. The smallest absolute Gasteiger partial charge is 0.338 e. The first-order chi connectivity index (χ1) is 8.76.